The summed E-state index contributed by atoms with van der Waals surface area (Å²) in [4.78, 5) is 7.34. The lowest BCUT2D eigenvalue weighted by Crippen LogP contribution is -2.33. The molecule has 1 aliphatic rings. The summed E-state index contributed by atoms with van der Waals surface area (Å²) in [6, 6.07) is 7.20. The summed E-state index contributed by atoms with van der Waals surface area (Å²) < 4.78 is 16.3. The van der Waals surface area contributed by atoms with Crippen molar-refractivity contribution in [2.45, 2.75) is 52.4 Å². The molecule has 5 nitrogen and oxygen atoms in total. The van der Waals surface area contributed by atoms with E-state index in [1.807, 2.05) is 24.4 Å². The third-order valence-corrected chi connectivity index (χ3v) is 6.32. The highest BCUT2D eigenvalue weighted by Crippen LogP contribution is 2.28. The third kappa shape index (κ3) is 5.42. The number of nitrogens with one attached hydrogen (secondary N) is 1. The third-order valence-electron chi connectivity index (χ3n) is 6.32. The SMILES string of the molecule is CCc1ccc(F)c(-c2cnn3ccc(NCCN4CCCCCCC(C)C4)nc23)c1. The van der Waals surface area contributed by atoms with Gasteiger partial charge in [0.05, 0.1) is 6.20 Å². The lowest BCUT2D eigenvalue weighted by atomic mass is 10.0. The van der Waals surface area contributed by atoms with Gasteiger partial charge in [0.1, 0.15) is 11.6 Å². The highest BCUT2D eigenvalue weighted by Gasteiger charge is 2.15. The van der Waals surface area contributed by atoms with Crippen LogP contribution in [0.25, 0.3) is 16.8 Å². The molecule has 4 rings (SSSR count). The van der Waals surface area contributed by atoms with Crippen LogP contribution < -0.4 is 5.32 Å². The molecule has 1 aromatic carbocycles. The quantitative estimate of drug-likeness (QED) is 0.576. The Bertz CT molecular complexity index is 999. The zero-order valence-corrected chi connectivity index (χ0v) is 18.8. The van der Waals surface area contributed by atoms with Gasteiger partial charge in [-0.3, -0.25) is 0 Å². The fourth-order valence-electron chi connectivity index (χ4n) is 4.51. The summed E-state index contributed by atoms with van der Waals surface area (Å²) >= 11 is 0. The Morgan fingerprint density at radius 3 is 2.87 bits per heavy atom. The molecule has 0 bridgehead atoms. The van der Waals surface area contributed by atoms with Crippen molar-refractivity contribution >= 4 is 11.5 Å². The molecule has 1 atom stereocenters. The molecule has 31 heavy (non-hydrogen) atoms. The molecule has 1 unspecified atom stereocenters. The number of benzene rings is 1. The molecule has 1 aliphatic heterocycles. The molecule has 3 heterocycles. The number of hydrogen-bond donors (Lipinski definition) is 1. The minimum Gasteiger partial charge on any atom is -0.369 e. The highest BCUT2D eigenvalue weighted by molar-refractivity contribution is 5.78. The van der Waals surface area contributed by atoms with E-state index in [1.54, 1.807) is 10.7 Å². The first-order valence-corrected chi connectivity index (χ1v) is 11.7. The second kappa shape index (κ2) is 10.2. The molecule has 3 aromatic rings. The van der Waals surface area contributed by atoms with E-state index in [0.29, 0.717) is 11.2 Å². The average Bonchev–Trinajstić information content (AvgIpc) is 3.22. The Balaban J connectivity index is 1.46. The largest absolute Gasteiger partial charge is 0.369 e. The Morgan fingerprint density at radius 2 is 2.00 bits per heavy atom. The van der Waals surface area contributed by atoms with Crippen molar-refractivity contribution in [3.8, 4) is 11.1 Å². The van der Waals surface area contributed by atoms with Crippen LogP contribution in [0.15, 0.2) is 36.7 Å². The topological polar surface area (TPSA) is 45.5 Å². The monoisotopic (exact) mass is 423 g/mol. The number of nitrogens with zero attached hydrogens (tertiary/aromatic N) is 4. The van der Waals surface area contributed by atoms with Gasteiger partial charge in [0.25, 0.3) is 0 Å². The number of rotatable bonds is 6. The molecule has 0 radical (unpaired) electrons. The number of aromatic nitrogens is 3. The average molecular weight is 424 g/mol. The van der Waals surface area contributed by atoms with Gasteiger partial charge in [0.15, 0.2) is 5.65 Å². The normalized spacial score (nSPS) is 18.5. The molecule has 0 saturated carbocycles. The number of fused-ring (bicyclic) bond motifs is 1. The van der Waals surface area contributed by atoms with Gasteiger partial charge in [-0.15, -0.1) is 0 Å². The van der Waals surface area contributed by atoms with Crippen LogP contribution in [0.1, 0.15) is 51.5 Å². The maximum atomic E-state index is 14.5. The van der Waals surface area contributed by atoms with Crippen LogP contribution in [0.3, 0.4) is 0 Å². The summed E-state index contributed by atoms with van der Waals surface area (Å²) in [7, 11) is 0. The maximum Gasteiger partial charge on any atom is 0.165 e. The van der Waals surface area contributed by atoms with Crippen LogP contribution in [-0.4, -0.2) is 45.7 Å². The molecule has 0 aliphatic carbocycles. The van der Waals surface area contributed by atoms with Gasteiger partial charge in [-0.25, -0.2) is 13.9 Å². The van der Waals surface area contributed by atoms with E-state index in [9.17, 15) is 4.39 Å². The van der Waals surface area contributed by atoms with Crippen LogP contribution in [0, 0.1) is 11.7 Å². The van der Waals surface area contributed by atoms with Gasteiger partial charge in [0, 0.05) is 37.0 Å². The first-order chi connectivity index (χ1) is 15.1. The molecular weight excluding hydrogens is 389 g/mol. The molecule has 0 amide bonds. The standard InChI is InChI=1S/C25H34FN5/c1-3-20-9-10-23(26)21(16-20)22-17-28-31-14-11-24(29-25(22)31)27-12-15-30-13-7-5-4-6-8-19(2)18-30/h9-11,14,16-17,19H,3-8,12-13,15,18H2,1-2H3,(H,27,29). The van der Waals surface area contributed by atoms with Gasteiger partial charge in [-0.2, -0.15) is 5.10 Å². The predicted octanol–water partition coefficient (Wildman–Crippen LogP) is 5.41. The van der Waals surface area contributed by atoms with E-state index >= 15 is 0 Å². The zero-order chi connectivity index (χ0) is 21.6. The minimum atomic E-state index is -0.241. The molecule has 6 heteroatoms. The first kappa shape index (κ1) is 21.8. The van der Waals surface area contributed by atoms with Gasteiger partial charge < -0.3 is 10.2 Å². The maximum absolute atomic E-state index is 14.5. The van der Waals surface area contributed by atoms with Crippen molar-refractivity contribution in [1.82, 2.24) is 19.5 Å². The van der Waals surface area contributed by atoms with Gasteiger partial charge in [-0.05, 0) is 55.5 Å². The Labute approximate surface area is 184 Å². The summed E-state index contributed by atoms with van der Waals surface area (Å²) in [5.74, 6) is 1.32. The summed E-state index contributed by atoms with van der Waals surface area (Å²) in [5, 5.41) is 7.84. The number of aryl methyl sites for hydroxylation is 1. The number of hydrogen-bond acceptors (Lipinski definition) is 4. The van der Waals surface area contributed by atoms with Crippen molar-refractivity contribution in [1.29, 1.82) is 0 Å². The summed E-state index contributed by atoms with van der Waals surface area (Å²) in [5.41, 5.74) is 3.06. The molecule has 0 spiro atoms. The Kier molecular flexibility index (Phi) is 7.17. The van der Waals surface area contributed by atoms with Crippen LogP contribution in [0.4, 0.5) is 10.2 Å². The fourth-order valence-corrected chi connectivity index (χ4v) is 4.51. The second-order valence-corrected chi connectivity index (χ2v) is 8.84. The Hall–Kier alpha value is -2.47. The molecular formula is C25H34FN5. The van der Waals surface area contributed by atoms with Gasteiger partial charge in [0.2, 0.25) is 0 Å². The van der Waals surface area contributed by atoms with E-state index in [4.69, 9.17) is 4.98 Å². The van der Waals surface area contributed by atoms with E-state index < -0.39 is 0 Å². The zero-order valence-electron chi connectivity index (χ0n) is 18.8. The van der Waals surface area contributed by atoms with Gasteiger partial charge >= 0.3 is 0 Å². The molecule has 1 fully saturated rings. The molecule has 2 aromatic heterocycles. The van der Waals surface area contributed by atoms with E-state index in [2.05, 4.69) is 29.2 Å². The lowest BCUT2D eigenvalue weighted by Gasteiger charge is -2.24. The summed E-state index contributed by atoms with van der Waals surface area (Å²) in [6.45, 7) is 8.65. The van der Waals surface area contributed by atoms with Crippen molar-refractivity contribution in [2.24, 2.45) is 5.92 Å². The minimum absolute atomic E-state index is 0.241. The summed E-state index contributed by atoms with van der Waals surface area (Å²) in [6.07, 6.45) is 11.2. The molecule has 1 saturated heterocycles. The lowest BCUT2D eigenvalue weighted by molar-refractivity contribution is 0.243. The number of halogens is 1. The number of anilines is 1. The van der Waals surface area contributed by atoms with Crippen molar-refractivity contribution in [3.63, 3.8) is 0 Å². The van der Waals surface area contributed by atoms with Crippen molar-refractivity contribution in [2.75, 3.05) is 31.5 Å². The molecule has 166 valence electrons. The van der Waals surface area contributed by atoms with E-state index in [1.165, 1.54) is 51.3 Å². The molecule has 1 N–H and O–H groups in total. The Morgan fingerprint density at radius 1 is 1.13 bits per heavy atom. The van der Waals surface area contributed by atoms with E-state index in [-0.39, 0.29) is 5.82 Å². The van der Waals surface area contributed by atoms with Crippen molar-refractivity contribution < 1.29 is 4.39 Å². The van der Waals surface area contributed by atoms with Crippen LogP contribution in [-0.2, 0) is 6.42 Å². The first-order valence-electron chi connectivity index (χ1n) is 11.7. The van der Waals surface area contributed by atoms with E-state index in [0.717, 1.165) is 42.4 Å². The second-order valence-electron chi connectivity index (χ2n) is 8.84. The van der Waals surface area contributed by atoms with Crippen LogP contribution in [0.2, 0.25) is 0 Å². The predicted molar refractivity (Wildman–Crippen MR) is 125 cm³/mol. The van der Waals surface area contributed by atoms with Crippen LogP contribution >= 0.6 is 0 Å². The van der Waals surface area contributed by atoms with Gasteiger partial charge in [-0.1, -0.05) is 39.2 Å². The smallest absolute Gasteiger partial charge is 0.165 e. The highest BCUT2D eigenvalue weighted by atomic mass is 19.1. The fraction of sp³-hybridized carbons (Fsp3) is 0.520. The van der Waals surface area contributed by atoms with Crippen molar-refractivity contribution in [3.05, 3.63) is 48.0 Å². The van der Waals surface area contributed by atoms with Crippen LogP contribution in [0.5, 0.6) is 0 Å².